The Morgan fingerprint density at radius 1 is 1.03 bits per heavy atom. The zero-order chi connectivity index (χ0) is 34.4. The van der Waals surface area contributed by atoms with Crippen LogP contribution in [0.25, 0.3) is 5.69 Å². The molecule has 0 saturated carbocycles. The monoisotopic (exact) mass is 471 g/mol. The van der Waals surface area contributed by atoms with Crippen molar-refractivity contribution in [3.8, 4) is 11.4 Å². The van der Waals surface area contributed by atoms with Crippen LogP contribution in [0.5, 0.6) is 5.75 Å². The minimum atomic E-state index is -2.85. The summed E-state index contributed by atoms with van der Waals surface area (Å²) in [5.41, 5.74) is 1.83. The van der Waals surface area contributed by atoms with E-state index in [1.807, 2.05) is 0 Å². The topological polar surface area (TPSA) is 111 Å². The lowest BCUT2D eigenvalue weighted by molar-refractivity contribution is -0.119. The normalized spacial score (nSPS) is 23.9. The molecular formula is C25H25N5O4. The number of carbonyl (C=O) groups excluding carboxylic acids is 3. The van der Waals surface area contributed by atoms with E-state index in [0.717, 1.165) is 12.0 Å². The zero-order valence-electron chi connectivity index (χ0n) is 29.8. The Bertz CT molecular complexity index is 1820. The Morgan fingerprint density at radius 3 is 2.32 bits per heavy atom. The molecule has 5 rings (SSSR count). The summed E-state index contributed by atoms with van der Waals surface area (Å²) in [5, 5.41) is 3.98. The second kappa shape index (κ2) is 8.66. The second-order valence-corrected chi connectivity index (χ2v) is 7.24. The lowest BCUT2D eigenvalue weighted by Crippen LogP contribution is -2.39. The molecule has 0 atom stereocenters. The second-order valence-electron chi connectivity index (χ2n) is 7.24. The number of methoxy groups -OCH3 is 1. The number of piperidine rings is 1. The van der Waals surface area contributed by atoms with Crippen molar-refractivity contribution in [2.75, 3.05) is 30.0 Å². The molecule has 3 aromatic rings. The molecular weight excluding hydrogens is 434 g/mol. The van der Waals surface area contributed by atoms with Gasteiger partial charge in [-0.25, -0.2) is 4.68 Å². The molecule has 2 N–H and O–H groups in total. The predicted octanol–water partition coefficient (Wildman–Crippen LogP) is 2.70. The summed E-state index contributed by atoms with van der Waals surface area (Å²) < 4.78 is 107. The van der Waals surface area contributed by atoms with Gasteiger partial charge >= 0.3 is 0 Å². The van der Waals surface area contributed by atoms with Crippen LogP contribution in [0.2, 0.25) is 0 Å². The van der Waals surface area contributed by atoms with Gasteiger partial charge in [0.25, 0.3) is 11.8 Å². The maximum Gasteiger partial charge on any atom is 0.277 e. The molecule has 0 aliphatic carbocycles. The number of fused-ring (bicyclic) bond motifs is 1. The van der Waals surface area contributed by atoms with Gasteiger partial charge in [0.05, 0.1) is 26.5 Å². The van der Waals surface area contributed by atoms with E-state index >= 15 is 0 Å². The summed E-state index contributed by atoms with van der Waals surface area (Å²) in [6.45, 7) is -2.96. The summed E-state index contributed by atoms with van der Waals surface area (Å²) in [4.78, 5) is 40.6. The van der Waals surface area contributed by atoms with Crippen LogP contribution < -0.4 is 20.3 Å². The average molecular weight is 472 g/mol. The number of carbonyl (C=O) groups is 3. The molecule has 0 unspecified atom stereocenters. The van der Waals surface area contributed by atoms with Crippen LogP contribution in [-0.2, 0) is 11.2 Å². The minimum absolute atomic E-state index is 0.112. The highest BCUT2D eigenvalue weighted by atomic mass is 16.5. The number of nitrogens with two attached hydrogens (primary N) is 1. The van der Waals surface area contributed by atoms with Gasteiger partial charge in [0.2, 0.25) is 5.91 Å². The van der Waals surface area contributed by atoms with Gasteiger partial charge in [-0.3, -0.25) is 14.4 Å². The van der Waals surface area contributed by atoms with Crippen LogP contribution in [0, 0.1) is 0 Å². The highest BCUT2D eigenvalue weighted by Gasteiger charge is 2.34. The molecule has 3 heterocycles. The molecule has 0 bridgehead atoms. The highest BCUT2D eigenvalue weighted by Crippen LogP contribution is 2.31. The molecule has 2 aromatic carbocycles. The van der Waals surface area contributed by atoms with E-state index in [0.29, 0.717) is 9.58 Å². The van der Waals surface area contributed by atoms with E-state index in [-0.39, 0.29) is 24.9 Å². The van der Waals surface area contributed by atoms with E-state index in [1.165, 1.54) is 0 Å². The first-order valence-electron chi connectivity index (χ1n) is 16.1. The third kappa shape index (κ3) is 3.68. The number of ether oxygens (including phenoxy) is 1. The SMILES string of the molecule is [2H]c1c([2H])c(-n2nc(C(N)=O)c3c2C(=O)N(c2c([2H])c([2H])c(N4CCCC([2H])([2H])C4=O)c([2H])c2[2H])C([2H])([2H])C3)c([2H])c([2H])c1OC. The van der Waals surface area contributed by atoms with Gasteiger partial charge in [-0.1, -0.05) is 0 Å². The summed E-state index contributed by atoms with van der Waals surface area (Å²) >= 11 is 0. The fourth-order valence-corrected chi connectivity index (χ4v) is 3.60. The quantitative estimate of drug-likeness (QED) is 0.615. The van der Waals surface area contributed by atoms with Crippen molar-refractivity contribution in [1.29, 1.82) is 0 Å². The molecule has 0 radical (unpaired) electrons. The van der Waals surface area contributed by atoms with Crippen LogP contribution in [0.1, 0.15) is 62.2 Å². The van der Waals surface area contributed by atoms with Crippen molar-refractivity contribution in [3.63, 3.8) is 0 Å². The maximum absolute atomic E-state index is 14.3. The fraction of sp³-hybridized carbons (Fsp3) is 0.280. The smallest absolute Gasteiger partial charge is 0.277 e. The molecule has 1 fully saturated rings. The number of primary amides is 1. The third-order valence-corrected chi connectivity index (χ3v) is 5.21. The van der Waals surface area contributed by atoms with Gasteiger partial charge in [0.15, 0.2) is 5.69 Å². The standard InChI is InChI=1S/C25H25N5O4/c1-34-19-11-9-18(10-12-19)30-23-20(22(27-30)24(26)32)13-15-29(25(23)33)17-7-5-16(6-8-17)28-14-3-2-4-21(28)31/h5-12H,2-4,13-15H2,1H3,(H2,26,32)/i4D2,5D,6D,7D,8D,9D,10D,11D,12D,15D2. The van der Waals surface area contributed by atoms with E-state index in [9.17, 15) is 14.4 Å². The first-order valence-corrected chi connectivity index (χ1v) is 10.1. The number of anilines is 2. The first-order chi connectivity index (χ1) is 21.3. The summed E-state index contributed by atoms with van der Waals surface area (Å²) in [6.07, 6.45) is -3.13. The zero-order valence-corrected chi connectivity index (χ0v) is 17.8. The van der Waals surface area contributed by atoms with Gasteiger partial charge in [-0.15, -0.1) is 0 Å². The Labute approximate surface area is 213 Å². The Morgan fingerprint density at radius 2 is 1.68 bits per heavy atom. The first kappa shape index (κ1) is 11.8. The molecule has 174 valence electrons. The van der Waals surface area contributed by atoms with Gasteiger partial charge in [-0.2, -0.15) is 5.10 Å². The van der Waals surface area contributed by atoms with Crippen molar-refractivity contribution in [3.05, 3.63) is 65.3 Å². The summed E-state index contributed by atoms with van der Waals surface area (Å²) in [6, 6.07) is -6.39. The molecule has 3 amide bonds. The van der Waals surface area contributed by atoms with E-state index < -0.39 is 120 Å². The molecule has 1 saturated heterocycles. The number of aromatic nitrogens is 2. The molecule has 2 aliphatic rings. The van der Waals surface area contributed by atoms with Crippen LogP contribution >= 0.6 is 0 Å². The summed E-state index contributed by atoms with van der Waals surface area (Å²) in [7, 11) is 1.12. The van der Waals surface area contributed by atoms with Crippen LogP contribution in [0.4, 0.5) is 11.4 Å². The van der Waals surface area contributed by atoms with Gasteiger partial charge in [0, 0.05) is 39.1 Å². The Kier molecular flexibility index (Phi) is 3.01. The number of hydrogen-bond acceptors (Lipinski definition) is 5. The molecule has 0 spiro atoms. The highest BCUT2D eigenvalue weighted by molar-refractivity contribution is 6.09. The number of rotatable bonds is 5. The van der Waals surface area contributed by atoms with Crippen LogP contribution in [0.3, 0.4) is 0 Å². The maximum atomic E-state index is 14.3. The van der Waals surface area contributed by atoms with Crippen LogP contribution in [0.15, 0.2) is 48.3 Å². The van der Waals surface area contributed by atoms with E-state index in [4.69, 9.17) is 26.9 Å². The molecule has 9 heteroatoms. The lowest BCUT2D eigenvalue weighted by atomic mass is 10.0. The molecule has 2 aliphatic heterocycles. The predicted molar refractivity (Wildman–Crippen MR) is 127 cm³/mol. The van der Waals surface area contributed by atoms with E-state index in [2.05, 4.69) is 5.10 Å². The number of hydrogen-bond donors (Lipinski definition) is 1. The van der Waals surface area contributed by atoms with Crippen molar-refractivity contribution in [2.24, 2.45) is 5.73 Å². The number of benzene rings is 2. The fourth-order valence-electron chi connectivity index (χ4n) is 3.60. The summed E-state index contributed by atoms with van der Waals surface area (Å²) in [5.74, 6) is -4.10. The molecule has 34 heavy (non-hydrogen) atoms. The molecule has 9 nitrogen and oxygen atoms in total. The minimum Gasteiger partial charge on any atom is -0.497 e. The van der Waals surface area contributed by atoms with Crippen molar-refractivity contribution >= 4 is 29.1 Å². The van der Waals surface area contributed by atoms with Gasteiger partial charge in [0.1, 0.15) is 11.4 Å². The molecule has 1 aromatic heterocycles. The van der Waals surface area contributed by atoms with Crippen molar-refractivity contribution < 1.29 is 35.6 Å². The van der Waals surface area contributed by atoms with Crippen LogP contribution in [-0.4, -0.2) is 47.7 Å². The largest absolute Gasteiger partial charge is 0.497 e. The average Bonchev–Trinajstić information content (AvgIpc) is 3.33. The van der Waals surface area contributed by atoms with Crippen molar-refractivity contribution in [2.45, 2.75) is 25.6 Å². The Hall–Kier alpha value is -4.14. The van der Waals surface area contributed by atoms with E-state index in [1.54, 1.807) is 0 Å². The number of amides is 3. The third-order valence-electron chi connectivity index (χ3n) is 5.21. The van der Waals surface area contributed by atoms with Crippen molar-refractivity contribution in [1.82, 2.24) is 9.78 Å². The lowest BCUT2D eigenvalue weighted by Gasteiger charge is -2.29. The Balaban J connectivity index is 1.77. The van der Waals surface area contributed by atoms with Gasteiger partial charge in [-0.05, 0) is 67.6 Å². The number of nitrogens with zero attached hydrogens (tertiary/aromatic N) is 4. The van der Waals surface area contributed by atoms with Gasteiger partial charge < -0.3 is 20.3 Å².